The molecule has 6 heteroatoms. The van der Waals surface area contributed by atoms with E-state index in [1.54, 1.807) is 0 Å². The fourth-order valence-electron chi connectivity index (χ4n) is 3.50. The third-order valence-corrected chi connectivity index (χ3v) is 5.31. The number of rotatable bonds is 8. The first-order chi connectivity index (χ1) is 16.0. The normalized spacial score (nSPS) is 10.9. The molecule has 3 aromatic carbocycles. The van der Waals surface area contributed by atoms with Gasteiger partial charge < -0.3 is 15.0 Å². The van der Waals surface area contributed by atoms with Crippen LogP contribution in [0, 0.1) is 18.3 Å². The van der Waals surface area contributed by atoms with Crippen molar-refractivity contribution in [1.82, 2.24) is 14.9 Å². The number of benzene rings is 3. The zero-order chi connectivity index (χ0) is 23.2. The summed E-state index contributed by atoms with van der Waals surface area (Å²) < 4.78 is 6.09. The number of aromatic nitrogens is 2. The Morgan fingerprint density at radius 1 is 0.939 bits per heavy atom. The second-order valence-corrected chi connectivity index (χ2v) is 8.27. The molecule has 4 rings (SSSR count). The largest absolute Gasteiger partial charge is 0.477 e. The minimum Gasteiger partial charge on any atom is -0.477 e. The lowest BCUT2D eigenvalue weighted by molar-refractivity contribution is 0.276. The van der Waals surface area contributed by atoms with Gasteiger partial charge in [0.15, 0.2) is 0 Å². The number of fused-ring (bicyclic) bond motifs is 1. The summed E-state index contributed by atoms with van der Waals surface area (Å²) in [4.78, 5) is 11.6. The molecule has 0 unspecified atom stereocenters. The minimum absolute atomic E-state index is 0.492. The van der Waals surface area contributed by atoms with Crippen molar-refractivity contribution in [1.29, 1.82) is 5.26 Å². The van der Waals surface area contributed by atoms with Crippen molar-refractivity contribution in [2.24, 2.45) is 0 Å². The third kappa shape index (κ3) is 5.65. The molecule has 0 spiro atoms. The lowest BCUT2D eigenvalue weighted by atomic mass is 10.0. The van der Waals surface area contributed by atoms with Crippen LogP contribution in [0.3, 0.4) is 0 Å². The molecule has 0 aliphatic carbocycles. The van der Waals surface area contributed by atoms with E-state index in [4.69, 9.17) is 15.0 Å². The molecule has 0 amide bonds. The van der Waals surface area contributed by atoms with Gasteiger partial charge in [0.2, 0.25) is 11.8 Å². The number of nitrogens with one attached hydrogen (secondary N) is 1. The molecular formula is C27H27N5O. The molecule has 33 heavy (non-hydrogen) atoms. The molecule has 4 aromatic rings. The van der Waals surface area contributed by atoms with Crippen LogP contribution in [0.15, 0.2) is 66.7 Å². The van der Waals surface area contributed by atoms with E-state index >= 15 is 0 Å². The van der Waals surface area contributed by atoms with Gasteiger partial charge in [0, 0.05) is 12.2 Å². The lowest BCUT2D eigenvalue weighted by Gasteiger charge is -2.14. The van der Waals surface area contributed by atoms with Gasteiger partial charge in [-0.25, -0.2) is 4.98 Å². The Morgan fingerprint density at radius 2 is 1.67 bits per heavy atom. The Kier molecular flexibility index (Phi) is 6.82. The summed E-state index contributed by atoms with van der Waals surface area (Å²) in [6.07, 6.45) is 0.905. The molecule has 166 valence electrons. The molecule has 1 N–H and O–H groups in total. The maximum atomic E-state index is 9.07. The Balaban J connectivity index is 1.69. The number of nitriles is 1. The zero-order valence-electron chi connectivity index (χ0n) is 19.2. The van der Waals surface area contributed by atoms with Crippen LogP contribution < -0.4 is 10.1 Å². The van der Waals surface area contributed by atoms with E-state index in [9.17, 15) is 0 Å². The molecule has 0 saturated heterocycles. The van der Waals surface area contributed by atoms with E-state index in [1.807, 2.05) is 80.8 Å². The van der Waals surface area contributed by atoms with Gasteiger partial charge >= 0.3 is 0 Å². The summed E-state index contributed by atoms with van der Waals surface area (Å²) in [5.74, 6) is 1.06. The van der Waals surface area contributed by atoms with Gasteiger partial charge in [-0.2, -0.15) is 10.2 Å². The summed E-state index contributed by atoms with van der Waals surface area (Å²) in [6.45, 7) is 3.58. The van der Waals surface area contributed by atoms with Gasteiger partial charge in [-0.15, -0.1) is 0 Å². The summed E-state index contributed by atoms with van der Waals surface area (Å²) in [7, 11) is 4.10. The minimum atomic E-state index is 0.492. The van der Waals surface area contributed by atoms with Crippen molar-refractivity contribution >= 4 is 22.5 Å². The zero-order valence-corrected chi connectivity index (χ0v) is 19.2. The van der Waals surface area contributed by atoms with Crippen LogP contribution >= 0.6 is 0 Å². The molecular weight excluding hydrogens is 410 g/mol. The highest BCUT2D eigenvalue weighted by Crippen LogP contribution is 2.30. The average Bonchev–Trinajstić information content (AvgIpc) is 2.82. The van der Waals surface area contributed by atoms with Crippen LogP contribution in [0.1, 0.15) is 17.5 Å². The highest BCUT2D eigenvalue weighted by Gasteiger charge is 2.11. The Bertz CT molecular complexity index is 1280. The standard InChI is InChI=1S/C27H27N5O/c1-19-5-12-23(13-6-19)29-27-30-25-17-22(21-9-7-20(18-28)8-10-21)11-14-24(25)26(31-27)33-16-4-15-32(2)3/h5-14,17H,4,15-16H2,1-3H3,(H,29,30,31). The molecule has 0 atom stereocenters. The predicted octanol–water partition coefficient (Wildman–Crippen LogP) is 5.55. The van der Waals surface area contributed by atoms with Crippen molar-refractivity contribution < 1.29 is 4.74 Å². The first-order valence-electron chi connectivity index (χ1n) is 11.0. The van der Waals surface area contributed by atoms with E-state index in [1.165, 1.54) is 5.56 Å². The van der Waals surface area contributed by atoms with E-state index in [2.05, 4.69) is 28.2 Å². The molecule has 0 saturated carbocycles. The smallest absolute Gasteiger partial charge is 0.231 e. The SMILES string of the molecule is Cc1ccc(Nc2nc(OCCCN(C)C)c3ccc(-c4ccc(C#N)cc4)cc3n2)cc1. The molecule has 0 bridgehead atoms. The number of hydrogen-bond acceptors (Lipinski definition) is 6. The highest BCUT2D eigenvalue weighted by atomic mass is 16.5. The van der Waals surface area contributed by atoms with E-state index in [0.717, 1.165) is 40.7 Å². The Morgan fingerprint density at radius 3 is 2.36 bits per heavy atom. The van der Waals surface area contributed by atoms with E-state index in [-0.39, 0.29) is 0 Å². The topological polar surface area (TPSA) is 74.1 Å². The van der Waals surface area contributed by atoms with Crippen molar-refractivity contribution in [2.45, 2.75) is 13.3 Å². The van der Waals surface area contributed by atoms with E-state index in [0.29, 0.717) is 24.0 Å². The number of ether oxygens (including phenoxy) is 1. The van der Waals surface area contributed by atoms with Crippen LogP contribution in [0.4, 0.5) is 11.6 Å². The first-order valence-corrected chi connectivity index (χ1v) is 11.0. The third-order valence-electron chi connectivity index (χ3n) is 5.31. The molecule has 0 aliphatic rings. The number of nitrogens with zero attached hydrogens (tertiary/aromatic N) is 4. The van der Waals surface area contributed by atoms with Crippen LogP contribution in [0.25, 0.3) is 22.0 Å². The molecule has 0 aliphatic heterocycles. The Labute approximate surface area is 194 Å². The van der Waals surface area contributed by atoms with Crippen molar-refractivity contribution in [3.8, 4) is 23.1 Å². The van der Waals surface area contributed by atoms with Gasteiger partial charge in [0.1, 0.15) is 0 Å². The van der Waals surface area contributed by atoms with Gasteiger partial charge in [-0.05, 0) is 75.0 Å². The highest BCUT2D eigenvalue weighted by molar-refractivity contribution is 5.89. The molecule has 1 heterocycles. The number of aryl methyl sites for hydroxylation is 1. The number of hydrogen-bond donors (Lipinski definition) is 1. The second-order valence-electron chi connectivity index (χ2n) is 8.27. The first kappa shape index (κ1) is 22.3. The monoisotopic (exact) mass is 437 g/mol. The van der Waals surface area contributed by atoms with Crippen LogP contribution in [0.2, 0.25) is 0 Å². The molecule has 6 nitrogen and oxygen atoms in total. The van der Waals surface area contributed by atoms with Gasteiger partial charge in [-0.3, -0.25) is 0 Å². The maximum Gasteiger partial charge on any atom is 0.231 e. The van der Waals surface area contributed by atoms with Crippen LogP contribution in [-0.4, -0.2) is 42.1 Å². The van der Waals surface area contributed by atoms with E-state index < -0.39 is 0 Å². The lowest BCUT2D eigenvalue weighted by Crippen LogP contribution is -2.16. The fourth-order valence-corrected chi connectivity index (χ4v) is 3.50. The van der Waals surface area contributed by atoms with Crippen molar-refractivity contribution in [3.05, 3.63) is 77.9 Å². The molecule has 1 aromatic heterocycles. The van der Waals surface area contributed by atoms with Crippen molar-refractivity contribution in [2.75, 3.05) is 32.6 Å². The second kappa shape index (κ2) is 10.1. The summed E-state index contributed by atoms with van der Waals surface area (Å²) in [6, 6.07) is 23.9. The Hall–Kier alpha value is -3.95. The van der Waals surface area contributed by atoms with Gasteiger partial charge in [0.25, 0.3) is 0 Å². The molecule has 0 fully saturated rings. The summed E-state index contributed by atoms with van der Waals surface area (Å²) in [5, 5.41) is 13.2. The van der Waals surface area contributed by atoms with Gasteiger partial charge in [-0.1, -0.05) is 35.9 Å². The summed E-state index contributed by atoms with van der Waals surface area (Å²) >= 11 is 0. The number of anilines is 2. The fraction of sp³-hybridized carbons (Fsp3) is 0.222. The van der Waals surface area contributed by atoms with Crippen molar-refractivity contribution in [3.63, 3.8) is 0 Å². The summed E-state index contributed by atoms with van der Waals surface area (Å²) in [5.41, 5.74) is 5.59. The quantitative estimate of drug-likeness (QED) is 0.364. The van der Waals surface area contributed by atoms with Crippen LogP contribution in [0.5, 0.6) is 5.88 Å². The molecule has 0 radical (unpaired) electrons. The van der Waals surface area contributed by atoms with Crippen LogP contribution in [-0.2, 0) is 0 Å². The maximum absolute atomic E-state index is 9.07. The predicted molar refractivity (Wildman–Crippen MR) is 133 cm³/mol. The van der Waals surface area contributed by atoms with Gasteiger partial charge in [0.05, 0.1) is 29.1 Å². The average molecular weight is 438 g/mol.